The average Bonchev–Trinajstić information content (AvgIpc) is 2.52. The fourth-order valence-corrected chi connectivity index (χ4v) is 2.01. The van der Waals surface area contributed by atoms with Gasteiger partial charge in [-0.15, -0.1) is 17.0 Å². The van der Waals surface area contributed by atoms with Crippen molar-refractivity contribution in [3.05, 3.63) is 53.9 Å². The zero-order valence-corrected chi connectivity index (χ0v) is 10.9. The smallest absolute Gasteiger partial charge is 0.184 e. The van der Waals surface area contributed by atoms with E-state index in [1.54, 1.807) is 0 Å². The predicted molar refractivity (Wildman–Crippen MR) is 51.1 cm³/mol. The van der Waals surface area contributed by atoms with Gasteiger partial charge in [-0.25, -0.2) is 0 Å². The van der Waals surface area contributed by atoms with Crippen molar-refractivity contribution in [3.8, 4) is 0 Å². The third-order valence-corrected chi connectivity index (χ3v) is 2.57. The Morgan fingerprint density at radius 3 is 2.62 bits per heavy atom. The first kappa shape index (κ1) is 9.75. The molecule has 0 bridgehead atoms. The number of rotatable bonds is 0. The van der Waals surface area contributed by atoms with E-state index in [4.69, 9.17) is 0 Å². The molecule has 0 fully saturated rings. The molecule has 2 aromatic carbocycles. The second-order valence-corrected chi connectivity index (χ2v) is 3.27. The molecular weight excluding hydrogens is 183 g/mol. The Hall–Kier alpha value is 0.206. The van der Waals surface area contributed by atoms with E-state index in [9.17, 15) is 0 Å². The summed E-state index contributed by atoms with van der Waals surface area (Å²) < 4.78 is 0. The van der Waals surface area contributed by atoms with E-state index in [1.807, 2.05) is 0 Å². The summed E-state index contributed by atoms with van der Waals surface area (Å²) in [6.45, 7) is 0. The van der Waals surface area contributed by atoms with E-state index < -0.39 is 0 Å². The Morgan fingerprint density at radius 1 is 1.00 bits per heavy atom. The van der Waals surface area contributed by atoms with Crippen LogP contribution in [0.3, 0.4) is 0 Å². The molecule has 0 saturated heterocycles. The van der Waals surface area contributed by atoms with Gasteiger partial charge in [0.05, 0.1) is 0 Å². The molecule has 0 aliphatic heterocycles. The molecule has 0 spiro atoms. The van der Waals surface area contributed by atoms with Crippen LogP contribution in [0.5, 0.6) is 0 Å². The predicted octanol–water partition coefficient (Wildman–Crippen LogP) is -0.0477. The molecule has 1 heteroatoms. The zero-order chi connectivity index (χ0) is 7.97. The first-order valence-electron chi connectivity index (χ1n) is 4.29. The van der Waals surface area contributed by atoms with Crippen molar-refractivity contribution in [2.75, 3.05) is 0 Å². The maximum Gasteiger partial charge on any atom is 1.00 e. The summed E-state index contributed by atoms with van der Waals surface area (Å²) in [7, 11) is 0. The fourth-order valence-electron chi connectivity index (χ4n) is 2.01. The molecule has 58 valence electrons. The molecule has 2 aromatic rings. The minimum atomic E-state index is 0. The molecule has 13 heavy (non-hydrogen) atoms. The van der Waals surface area contributed by atoms with E-state index in [1.165, 1.54) is 21.9 Å². The monoisotopic (exact) mass is 192 g/mol. The zero-order valence-electron chi connectivity index (χ0n) is 7.75. The molecule has 0 unspecified atom stereocenters. The molecule has 0 amide bonds. The van der Waals surface area contributed by atoms with Crippen LogP contribution in [0.2, 0.25) is 0 Å². The van der Waals surface area contributed by atoms with Crippen LogP contribution in [0.4, 0.5) is 0 Å². The minimum Gasteiger partial charge on any atom is -0.184 e. The van der Waals surface area contributed by atoms with Crippen molar-refractivity contribution in [1.29, 1.82) is 0 Å². The SMILES string of the molecule is [K+].c1cc2c3c(cccc3c1)C[CH-]2. The van der Waals surface area contributed by atoms with Gasteiger partial charge >= 0.3 is 51.4 Å². The minimum absolute atomic E-state index is 0. The normalized spacial score (nSPS) is 12.3. The Balaban J connectivity index is 0.000000653. The standard InChI is InChI=1S/C12H9.K/c1-3-9-4-2-6-11-8-7-10(5-1)12(9)11;/h1-7H,8H2;/q-1;+1. The molecule has 0 saturated carbocycles. The third kappa shape index (κ3) is 1.49. The van der Waals surface area contributed by atoms with E-state index >= 15 is 0 Å². The van der Waals surface area contributed by atoms with E-state index in [2.05, 4.69) is 42.8 Å². The van der Waals surface area contributed by atoms with Crippen LogP contribution in [-0.4, -0.2) is 0 Å². The van der Waals surface area contributed by atoms with Gasteiger partial charge in [0, 0.05) is 0 Å². The summed E-state index contributed by atoms with van der Waals surface area (Å²) in [6, 6.07) is 13.0. The van der Waals surface area contributed by atoms with Gasteiger partial charge in [0.25, 0.3) is 0 Å². The third-order valence-electron chi connectivity index (χ3n) is 2.57. The van der Waals surface area contributed by atoms with Crippen LogP contribution in [0.25, 0.3) is 10.8 Å². The van der Waals surface area contributed by atoms with Crippen LogP contribution < -0.4 is 51.4 Å². The summed E-state index contributed by atoms with van der Waals surface area (Å²) in [5.41, 5.74) is 2.88. The van der Waals surface area contributed by atoms with Gasteiger partial charge in [-0.2, -0.15) is 18.1 Å². The maximum absolute atomic E-state index is 2.30. The molecule has 3 rings (SSSR count). The summed E-state index contributed by atoms with van der Waals surface area (Å²) in [4.78, 5) is 0. The van der Waals surface area contributed by atoms with Crippen molar-refractivity contribution < 1.29 is 51.4 Å². The number of benzene rings is 2. The number of hydrogen-bond acceptors (Lipinski definition) is 0. The van der Waals surface area contributed by atoms with Crippen LogP contribution in [0, 0.1) is 6.42 Å². The van der Waals surface area contributed by atoms with Crippen LogP contribution in [0.15, 0.2) is 36.4 Å². The van der Waals surface area contributed by atoms with Crippen LogP contribution in [0.1, 0.15) is 11.1 Å². The molecule has 0 atom stereocenters. The number of hydrogen-bond donors (Lipinski definition) is 0. The molecular formula is C12H9K. The largest absolute Gasteiger partial charge is 1.00 e. The van der Waals surface area contributed by atoms with Gasteiger partial charge < -0.3 is 0 Å². The molecule has 0 aromatic heterocycles. The second kappa shape index (κ2) is 3.75. The molecule has 0 N–H and O–H groups in total. The summed E-state index contributed by atoms with van der Waals surface area (Å²) >= 11 is 0. The van der Waals surface area contributed by atoms with E-state index in [0.29, 0.717) is 0 Å². The summed E-state index contributed by atoms with van der Waals surface area (Å²) in [5, 5.41) is 2.83. The van der Waals surface area contributed by atoms with Gasteiger partial charge in [-0.1, -0.05) is 36.1 Å². The topological polar surface area (TPSA) is 0 Å². The van der Waals surface area contributed by atoms with E-state index in [-0.39, 0.29) is 51.4 Å². The molecule has 0 nitrogen and oxygen atoms in total. The first-order valence-corrected chi connectivity index (χ1v) is 4.29. The van der Waals surface area contributed by atoms with Gasteiger partial charge in [0.15, 0.2) is 0 Å². The molecule has 1 aliphatic carbocycles. The van der Waals surface area contributed by atoms with Gasteiger partial charge in [-0.05, 0) is 0 Å². The van der Waals surface area contributed by atoms with Crippen molar-refractivity contribution in [3.63, 3.8) is 0 Å². The Morgan fingerprint density at radius 2 is 1.77 bits per heavy atom. The van der Waals surface area contributed by atoms with Gasteiger partial charge in [-0.3, -0.25) is 0 Å². The Bertz CT molecular complexity index is 407. The Kier molecular flexibility index (Phi) is 2.82. The van der Waals surface area contributed by atoms with E-state index in [0.717, 1.165) is 6.42 Å². The van der Waals surface area contributed by atoms with Crippen molar-refractivity contribution in [1.82, 2.24) is 0 Å². The average molecular weight is 192 g/mol. The van der Waals surface area contributed by atoms with Gasteiger partial charge in [0.2, 0.25) is 0 Å². The van der Waals surface area contributed by atoms with Gasteiger partial charge in [0.1, 0.15) is 0 Å². The molecule has 0 heterocycles. The fraction of sp³-hybridized carbons (Fsp3) is 0.0833. The summed E-state index contributed by atoms with van der Waals surface area (Å²) in [6.07, 6.45) is 3.41. The maximum atomic E-state index is 2.30. The van der Waals surface area contributed by atoms with Crippen molar-refractivity contribution >= 4 is 10.8 Å². The summed E-state index contributed by atoms with van der Waals surface area (Å²) in [5.74, 6) is 0. The second-order valence-electron chi connectivity index (χ2n) is 3.27. The molecule has 0 radical (unpaired) electrons. The van der Waals surface area contributed by atoms with Crippen molar-refractivity contribution in [2.45, 2.75) is 6.42 Å². The molecule has 1 aliphatic rings. The van der Waals surface area contributed by atoms with Crippen molar-refractivity contribution in [2.24, 2.45) is 0 Å². The van der Waals surface area contributed by atoms with Crippen LogP contribution >= 0.6 is 0 Å². The quantitative estimate of drug-likeness (QED) is 0.406. The van der Waals surface area contributed by atoms with Crippen LogP contribution in [-0.2, 0) is 6.42 Å². The Labute approximate surface area is 121 Å². The first-order chi connectivity index (χ1) is 5.95.